The minimum atomic E-state index is -0.498. The molecule has 3 aromatic rings. The van der Waals surface area contributed by atoms with Crippen LogP contribution in [0.25, 0.3) is 6.08 Å². The summed E-state index contributed by atoms with van der Waals surface area (Å²) in [5.74, 6) is -0.830. The molecule has 1 heterocycles. The van der Waals surface area contributed by atoms with Crippen molar-refractivity contribution < 1.29 is 23.5 Å². The van der Waals surface area contributed by atoms with Crippen molar-refractivity contribution in [2.24, 2.45) is 0 Å². The summed E-state index contributed by atoms with van der Waals surface area (Å²) in [7, 11) is 0. The number of nitrogens with one attached hydrogen (secondary N) is 1. The van der Waals surface area contributed by atoms with E-state index >= 15 is 0 Å². The molecule has 1 fully saturated rings. The molecule has 0 radical (unpaired) electrons. The van der Waals surface area contributed by atoms with Gasteiger partial charge in [-0.05, 0) is 77.9 Å². The van der Waals surface area contributed by atoms with Crippen molar-refractivity contribution in [1.29, 1.82) is 0 Å². The van der Waals surface area contributed by atoms with Crippen LogP contribution < -0.4 is 10.1 Å². The van der Waals surface area contributed by atoms with Gasteiger partial charge in [0.2, 0.25) is 0 Å². The minimum Gasteiger partial charge on any atom is -0.484 e. The van der Waals surface area contributed by atoms with E-state index in [1.165, 1.54) is 12.1 Å². The maximum atomic E-state index is 13.3. The third kappa shape index (κ3) is 6.29. The van der Waals surface area contributed by atoms with Gasteiger partial charge in [0, 0.05) is 10.7 Å². The first-order chi connectivity index (χ1) is 16.8. The molecule has 4 rings (SSSR count). The number of rotatable bonds is 7. The molecule has 1 N–H and O–H groups in total. The van der Waals surface area contributed by atoms with Crippen LogP contribution in [0.3, 0.4) is 0 Å². The Labute approximate surface area is 210 Å². The van der Waals surface area contributed by atoms with Gasteiger partial charge in [-0.2, -0.15) is 0 Å². The number of carbonyl (C=O) groups is 3. The van der Waals surface area contributed by atoms with Crippen LogP contribution >= 0.6 is 23.4 Å². The molecule has 3 amide bonds. The number of thioether (sulfide) groups is 1. The summed E-state index contributed by atoms with van der Waals surface area (Å²) >= 11 is 6.85. The predicted molar refractivity (Wildman–Crippen MR) is 135 cm³/mol. The topological polar surface area (TPSA) is 75.7 Å². The quantitative estimate of drug-likeness (QED) is 0.392. The van der Waals surface area contributed by atoms with Crippen molar-refractivity contribution in [3.05, 3.63) is 99.2 Å². The van der Waals surface area contributed by atoms with Crippen molar-refractivity contribution >= 4 is 52.2 Å². The summed E-state index contributed by atoms with van der Waals surface area (Å²) in [6.45, 7) is 1.69. The second-order valence-electron chi connectivity index (χ2n) is 7.78. The normalized spacial score (nSPS) is 14.5. The zero-order chi connectivity index (χ0) is 24.9. The van der Waals surface area contributed by atoms with Crippen LogP contribution in [0, 0.1) is 12.7 Å². The fraction of sp³-hybridized carbons (Fsp3) is 0.115. The summed E-state index contributed by atoms with van der Waals surface area (Å²) in [6.07, 6.45) is 1.58. The molecular weight excluding hydrogens is 491 g/mol. The Kier molecular flexibility index (Phi) is 7.53. The molecule has 0 spiro atoms. The monoisotopic (exact) mass is 510 g/mol. The lowest BCUT2D eigenvalue weighted by atomic mass is 10.2. The van der Waals surface area contributed by atoms with Crippen molar-refractivity contribution in [3.8, 4) is 5.75 Å². The molecule has 0 aliphatic carbocycles. The van der Waals surface area contributed by atoms with Gasteiger partial charge in [0.25, 0.3) is 17.1 Å². The Morgan fingerprint density at radius 1 is 1.11 bits per heavy atom. The number of ether oxygens (including phenoxy) is 1. The van der Waals surface area contributed by atoms with Crippen molar-refractivity contribution in [2.45, 2.75) is 13.5 Å². The number of benzene rings is 3. The summed E-state index contributed by atoms with van der Waals surface area (Å²) in [5.41, 5.74) is 2.81. The summed E-state index contributed by atoms with van der Waals surface area (Å²) in [4.78, 5) is 38.7. The molecule has 178 valence electrons. The molecule has 0 bridgehead atoms. The molecule has 35 heavy (non-hydrogen) atoms. The van der Waals surface area contributed by atoms with Gasteiger partial charge in [0.1, 0.15) is 11.6 Å². The highest BCUT2D eigenvalue weighted by Crippen LogP contribution is 2.34. The van der Waals surface area contributed by atoms with E-state index in [-0.39, 0.29) is 29.0 Å². The first-order valence-corrected chi connectivity index (χ1v) is 11.8. The van der Waals surface area contributed by atoms with Crippen LogP contribution in [0.15, 0.2) is 71.6 Å². The maximum Gasteiger partial charge on any atom is 0.293 e. The maximum absolute atomic E-state index is 13.3. The fourth-order valence-electron chi connectivity index (χ4n) is 3.37. The fourth-order valence-corrected chi connectivity index (χ4v) is 4.44. The van der Waals surface area contributed by atoms with Crippen LogP contribution in [0.5, 0.6) is 5.75 Å². The van der Waals surface area contributed by atoms with Crippen LogP contribution in [-0.4, -0.2) is 28.6 Å². The number of hydrogen-bond acceptors (Lipinski definition) is 5. The molecule has 0 unspecified atom stereocenters. The van der Waals surface area contributed by atoms with Gasteiger partial charge < -0.3 is 10.1 Å². The van der Waals surface area contributed by atoms with Gasteiger partial charge in [-0.3, -0.25) is 19.3 Å². The molecule has 1 aliphatic heterocycles. The molecule has 9 heteroatoms. The van der Waals surface area contributed by atoms with E-state index in [2.05, 4.69) is 5.32 Å². The largest absolute Gasteiger partial charge is 0.484 e. The highest BCUT2D eigenvalue weighted by molar-refractivity contribution is 8.18. The van der Waals surface area contributed by atoms with Crippen molar-refractivity contribution in [3.63, 3.8) is 0 Å². The summed E-state index contributed by atoms with van der Waals surface area (Å²) < 4.78 is 18.9. The Hall–Kier alpha value is -3.62. The van der Waals surface area contributed by atoms with Gasteiger partial charge in [0.05, 0.1) is 11.4 Å². The summed E-state index contributed by atoms with van der Waals surface area (Å²) in [5, 5.41) is 2.47. The number of hydrogen-bond donors (Lipinski definition) is 1. The van der Waals surface area contributed by atoms with E-state index in [0.29, 0.717) is 22.6 Å². The number of amides is 3. The van der Waals surface area contributed by atoms with Crippen LogP contribution in [0.4, 0.5) is 14.9 Å². The third-order valence-corrected chi connectivity index (χ3v) is 6.30. The average molecular weight is 511 g/mol. The van der Waals surface area contributed by atoms with E-state index in [9.17, 15) is 18.8 Å². The lowest BCUT2D eigenvalue weighted by molar-refractivity contribution is -0.123. The Morgan fingerprint density at radius 3 is 2.69 bits per heavy atom. The lowest BCUT2D eigenvalue weighted by Crippen LogP contribution is -2.27. The molecular formula is C26H20ClFN2O4S. The zero-order valence-electron chi connectivity index (χ0n) is 18.6. The Bertz CT molecular complexity index is 1340. The lowest BCUT2D eigenvalue weighted by Gasteiger charge is -2.13. The van der Waals surface area contributed by atoms with E-state index in [1.807, 2.05) is 25.1 Å². The average Bonchev–Trinajstić information content (AvgIpc) is 3.07. The first-order valence-electron chi connectivity index (χ1n) is 10.6. The third-order valence-electron chi connectivity index (χ3n) is 5.04. The zero-order valence-corrected chi connectivity index (χ0v) is 20.2. The van der Waals surface area contributed by atoms with E-state index in [4.69, 9.17) is 16.3 Å². The molecule has 0 saturated carbocycles. The first kappa shape index (κ1) is 24.5. The number of carbonyl (C=O) groups excluding carboxylic acids is 3. The number of nitrogens with zero attached hydrogens (tertiary/aromatic N) is 1. The molecule has 0 aromatic heterocycles. The second kappa shape index (κ2) is 10.8. The Morgan fingerprint density at radius 2 is 1.91 bits per heavy atom. The number of halogens is 2. The number of aryl methyl sites for hydroxylation is 1. The highest BCUT2D eigenvalue weighted by Gasteiger charge is 2.35. The number of imide groups is 1. The second-order valence-corrected chi connectivity index (χ2v) is 9.18. The summed E-state index contributed by atoms with van der Waals surface area (Å²) in [6, 6.07) is 18.1. The minimum absolute atomic E-state index is 0.0552. The molecule has 0 atom stereocenters. The smallest absolute Gasteiger partial charge is 0.293 e. The van der Waals surface area contributed by atoms with Crippen LogP contribution in [0.2, 0.25) is 5.02 Å². The van der Waals surface area contributed by atoms with Gasteiger partial charge in [-0.1, -0.05) is 41.9 Å². The van der Waals surface area contributed by atoms with Crippen molar-refractivity contribution in [1.82, 2.24) is 4.90 Å². The molecule has 1 aliphatic rings. The molecule has 6 nitrogen and oxygen atoms in total. The van der Waals surface area contributed by atoms with E-state index in [0.717, 1.165) is 28.3 Å². The molecule has 1 saturated heterocycles. The SMILES string of the molecule is Cc1cccc(NC(=O)COc2cccc(/C=C3\SC(=O)N(Cc4ccc(F)cc4Cl)C3=O)c2)c1. The van der Waals surface area contributed by atoms with Crippen molar-refractivity contribution in [2.75, 3.05) is 11.9 Å². The molecule has 3 aromatic carbocycles. The highest BCUT2D eigenvalue weighted by atomic mass is 35.5. The van der Waals surface area contributed by atoms with Gasteiger partial charge in [-0.15, -0.1) is 0 Å². The van der Waals surface area contributed by atoms with Gasteiger partial charge >= 0.3 is 0 Å². The number of anilines is 1. The van der Waals surface area contributed by atoms with E-state index in [1.54, 1.807) is 36.4 Å². The van der Waals surface area contributed by atoms with Gasteiger partial charge in [-0.25, -0.2) is 4.39 Å². The van der Waals surface area contributed by atoms with Crippen LogP contribution in [-0.2, 0) is 16.1 Å². The predicted octanol–water partition coefficient (Wildman–Crippen LogP) is 6.04. The van der Waals surface area contributed by atoms with E-state index < -0.39 is 17.0 Å². The van der Waals surface area contributed by atoms with Crippen LogP contribution in [0.1, 0.15) is 16.7 Å². The Balaban J connectivity index is 1.40. The van der Waals surface area contributed by atoms with Gasteiger partial charge in [0.15, 0.2) is 6.61 Å². The standard InChI is InChI=1S/C26H20ClFN2O4S/c1-16-4-2-6-20(10-16)29-24(31)15-34-21-7-3-5-17(11-21)12-23-25(32)30(26(33)35-23)14-18-8-9-19(28)13-22(18)27/h2-13H,14-15H2,1H3,(H,29,31)/b23-12-.